The molecule has 0 spiro atoms. The van der Waals surface area contributed by atoms with Crippen molar-refractivity contribution < 1.29 is 9.90 Å². The van der Waals surface area contributed by atoms with Crippen LogP contribution >= 0.6 is 0 Å². The van der Waals surface area contributed by atoms with Crippen LogP contribution in [-0.4, -0.2) is 40.4 Å². The maximum Gasteiger partial charge on any atom is 0.326 e. The summed E-state index contributed by atoms with van der Waals surface area (Å²) in [6, 6.07) is 8.49. The quantitative estimate of drug-likeness (QED) is 0.596. The number of aliphatic carboxylic acids is 1. The summed E-state index contributed by atoms with van der Waals surface area (Å²) >= 11 is 0. The van der Waals surface area contributed by atoms with E-state index in [9.17, 15) is 9.59 Å². The second kappa shape index (κ2) is 5.48. The molecule has 124 valence electrons. The third-order valence-corrected chi connectivity index (χ3v) is 4.00. The minimum Gasteiger partial charge on any atom is -0.480 e. The summed E-state index contributed by atoms with van der Waals surface area (Å²) in [5.74, 6) is -1.14. The minimum atomic E-state index is -1.14. The Labute approximate surface area is 140 Å². The highest BCUT2D eigenvalue weighted by atomic mass is 16.4. The highest BCUT2D eigenvalue weighted by Gasteiger charge is 2.19. The molecule has 3 heterocycles. The van der Waals surface area contributed by atoms with Gasteiger partial charge < -0.3 is 5.11 Å². The molecule has 4 aromatic rings. The third kappa shape index (κ3) is 2.24. The van der Waals surface area contributed by atoms with Crippen molar-refractivity contribution in [3.8, 4) is 11.1 Å². The van der Waals surface area contributed by atoms with Crippen LogP contribution in [0.2, 0.25) is 0 Å². The number of hydrogen-bond donors (Lipinski definition) is 1. The zero-order valence-corrected chi connectivity index (χ0v) is 13.1. The maximum atomic E-state index is 12.5. The maximum absolute atomic E-state index is 12.5. The van der Waals surface area contributed by atoms with Crippen LogP contribution in [0.15, 0.2) is 47.7 Å². The number of carbonyl (C=O) groups is 1. The molecule has 0 amide bonds. The Morgan fingerprint density at radius 1 is 1.16 bits per heavy atom. The van der Waals surface area contributed by atoms with Gasteiger partial charge in [-0.25, -0.2) is 9.78 Å². The van der Waals surface area contributed by atoms with Gasteiger partial charge in [-0.3, -0.25) is 9.36 Å². The molecular weight excluding hydrogens is 324 g/mol. The first-order valence-corrected chi connectivity index (χ1v) is 7.47. The standard InChI is InChI=1S/C16H12N6O3/c1-9(16(24)25)21-8-17-14-12(15(21)23)19-20-13-11(7-18-22(13)14)10-5-3-2-4-6-10/h2-9H,1H3,(H,24,25). The molecule has 0 aliphatic heterocycles. The van der Waals surface area contributed by atoms with Gasteiger partial charge in [0.05, 0.1) is 6.20 Å². The van der Waals surface area contributed by atoms with E-state index in [2.05, 4.69) is 20.3 Å². The van der Waals surface area contributed by atoms with E-state index < -0.39 is 17.6 Å². The predicted octanol–water partition coefficient (Wildman–Crippen LogP) is 1.15. The van der Waals surface area contributed by atoms with Gasteiger partial charge in [0, 0.05) is 5.56 Å². The Morgan fingerprint density at radius 2 is 1.92 bits per heavy atom. The summed E-state index contributed by atoms with van der Waals surface area (Å²) in [5, 5.41) is 21.4. The Morgan fingerprint density at radius 3 is 2.64 bits per heavy atom. The fraction of sp³-hybridized carbons (Fsp3) is 0.125. The molecule has 4 rings (SSSR count). The van der Waals surface area contributed by atoms with Gasteiger partial charge >= 0.3 is 5.97 Å². The Balaban J connectivity index is 1.97. The van der Waals surface area contributed by atoms with Gasteiger partial charge in [0.2, 0.25) is 0 Å². The summed E-state index contributed by atoms with van der Waals surface area (Å²) in [6.07, 6.45) is 2.82. The van der Waals surface area contributed by atoms with Gasteiger partial charge in [0.25, 0.3) is 5.56 Å². The number of rotatable bonds is 3. The van der Waals surface area contributed by atoms with Gasteiger partial charge in [-0.05, 0) is 12.5 Å². The lowest BCUT2D eigenvalue weighted by Crippen LogP contribution is -2.29. The number of fused-ring (bicyclic) bond motifs is 3. The van der Waals surface area contributed by atoms with Crippen LogP contribution in [-0.2, 0) is 4.79 Å². The third-order valence-electron chi connectivity index (χ3n) is 4.00. The molecule has 0 bridgehead atoms. The number of carboxylic acids is 1. The zero-order valence-electron chi connectivity index (χ0n) is 13.1. The summed E-state index contributed by atoms with van der Waals surface area (Å²) in [4.78, 5) is 27.8. The SMILES string of the molecule is CC(C(=O)O)n1cnc2c(nnc3c(-c4ccccc4)cnn32)c1=O. The van der Waals surface area contributed by atoms with Crippen molar-refractivity contribution in [1.29, 1.82) is 0 Å². The second-order valence-electron chi connectivity index (χ2n) is 5.50. The Kier molecular flexibility index (Phi) is 3.27. The van der Waals surface area contributed by atoms with Crippen LogP contribution in [0.1, 0.15) is 13.0 Å². The van der Waals surface area contributed by atoms with Crippen molar-refractivity contribution in [2.75, 3.05) is 0 Å². The molecule has 1 unspecified atom stereocenters. The molecule has 3 aromatic heterocycles. The number of benzene rings is 1. The van der Waals surface area contributed by atoms with Crippen molar-refractivity contribution >= 4 is 22.8 Å². The van der Waals surface area contributed by atoms with Crippen LogP contribution in [0.5, 0.6) is 0 Å². The van der Waals surface area contributed by atoms with Crippen LogP contribution in [0.3, 0.4) is 0 Å². The number of aromatic nitrogens is 6. The van der Waals surface area contributed by atoms with Crippen molar-refractivity contribution in [3.63, 3.8) is 0 Å². The number of nitrogens with zero attached hydrogens (tertiary/aromatic N) is 6. The van der Waals surface area contributed by atoms with E-state index in [1.807, 2.05) is 30.3 Å². The highest BCUT2D eigenvalue weighted by Crippen LogP contribution is 2.23. The largest absolute Gasteiger partial charge is 0.480 e. The summed E-state index contributed by atoms with van der Waals surface area (Å²) in [7, 11) is 0. The van der Waals surface area contributed by atoms with Gasteiger partial charge in [0.1, 0.15) is 12.4 Å². The molecule has 1 N–H and O–H groups in total. The van der Waals surface area contributed by atoms with Crippen LogP contribution < -0.4 is 5.56 Å². The summed E-state index contributed by atoms with van der Waals surface area (Å²) in [5.41, 5.74) is 1.76. The van der Waals surface area contributed by atoms with Gasteiger partial charge in [-0.15, -0.1) is 10.2 Å². The number of carboxylic acid groups (broad SMARTS) is 1. The first kappa shape index (κ1) is 14.9. The minimum absolute atomic E-state index is 0.0363. The molecule has 0 saturated heterocycles. The number of hydrogen-bond acceptors (Lipinski definition) is 6. The topological polar surface area (TPSA) is 115 Å². The molecular formula is C16H12N6O3. The monoisotopic (exact) mass is 336 g/mol. The van der Waals surface area contributed by atoms with Crippen LogP contribution in [0.25, 0.3) is 27.9 Å². The first-order valence-electron chi connectivity index (χ1n) is 7.47. The van der Waals surface area contributed by atoms with E-state index in [-0.39, 0.29) is 11.2 Å². The molecule has 0 aliphatic carbocycles. The molecule has 0 aliphatic rings. The summed E-state index contributed by atoms with van der Waals surface area (Å²) in [6.45, 7) is 1.39. The highest BCUT2D eigenvalue weighted by molar-refractivity contribution is 5.81. The van der Waals surface area contributed by atoms with Crippen LogP contribution in [0, 0.1) is 0 Å². The zero-order chi connectivity index (χ0) is 17.6. The van der Waals surface area contributed by atoms with Crippen LogP contribution in [0.4, 0.5) is 0 Å². The molecule has 0 fully saturated rings. The van der Waals surface area contributed by atoms with Crippen molar-refractivity contribution in [2.24, 2.45) is 0 Å². The van der Waals surface area contributed by atoms with E-state index in [1.54, 1.807) is 6.20 Å². The molecule has 0 radical (unpaired) electrons. The van der Waals surface area contributed by atoms with Gasteiger partial charge in [0.15, 0.2) is 16.8 Å². The van der Waals surface area contributed by atoms with E-state index >= 15 is 0 Å². The molecule has 9 heteroatoms. The van der Waals surface area contributed by atoms with Crippen molar-refractivity contribution in [2.45, 2.75) is 13.0 Å². The van der Waals surface area contributed by atoms with Gasteiger partial charge in [-0.1, -0.05) is 30.3 Å². The van der Waals surface area contributed by atoms with Crippen molar-refractivity contribution in [3.05, 3.63) is 53.2 Å². The van der Waals surface area contributed by atoms with E-state index in [4.69, 9.17) is 5.11 Å². The molecule has 1 atom stereocenters. The first-order chi connectivity index (χ1) is 12.1. The summed E-state index contributed by atoms with van der Waals surface area (Å²) < 4.78 is 2.44. The lowest BCUT2D eigenvalue weighted by molar-refractivity contribution is -0.140. The second-order valence-corrected chi connectivity index (χ2v) is 5.50. The van der Waals surface area contributed by atoms with Gasteiger partial charge in [-0.2, -0.15) is 9.61 Å². The molecule has 9 nitrogen and oxygen atoms in total. The lowest BCUT2D eigenvalue weighted by atomic mass is 10.1. The fourth-order valence-electron chi connectivity index (χ4n) is 2.60. The smallest absolute Gasteiger partial charge is 0.326 e. The molecule has 1 aromatic carbocycles. The fourth-order valence-corrected chi connectivity index (χ4v) is 2.60. The lowest BCUT2D eigenvalue weighted by Gasteiger charge is -2.10. The van der Waals surface area contributed by atoms with E-state index in [0.29, 0.717) is 5.65 Å². The Bertz CT molecular complexity index is 1170. The molecule has 0 saturated carbocycles. The average Bonchev–Trinajstić information content (AvgIpc) is 3.06. The normalized spacial score (nSPS) is 12.5. The molecule has 25 heavy (non-hydrogen) atoms. The van der Waals surface area contributed by atoms with E-state index in [1.165, 1.54) is 17.8 Å². The predicted molar refractivity (Wildman–Crippen MR) is 88.1 cm³/mol. The van der Waals surface area contributed by atoms with E-state index in [0.717, 1.165) is 15.7 Å². The average molecular weight is 336 g/mol. The Hall–Kier alpha value is -3.62. The van der Waals surface area contributed by atoms with Crippen molar-refractivity contribution in [1.82, 2.24) is 29.4 Å².